The van der Waals surface area contributed by atoms with E-state index in [1.807, 2.05) is 31.2 Å². The first-order chi connectivity index (χ1) is 12.1. The van der Waals surface area contributed by atoms with Gasteiger partial charge in [0.15, 0.2) is 5.82 Å². The molecule has 0 bridgehead atoms. The molecule has 3 rings (SSSR count). The van der Waals surface area contributed by atoms with Gasteiger partial charge in [-0.25, -0.2) is 0 Å². The topological polar surface area (TPSA) is 62.7 Å². The molecular formula is C19H20ClN5. The standard InChI is InChI=1S/C19H20ClN5/c1-13-3-4-14(2)17(11-13)23-19-24-18(12-22-25-19)21-10-9-15-5-7-16(20)8-6-15/h3-8,11-12H,9-10H2,1-2H3,(H2,21,23,24,25). The summed E-state index contributed by atoms with van der Waals surface area (Å²) in [5.74, 6) is 1.17. The molecule has 0 unspecified atom stereocenters. The van der Waals surface area contributed by atoms with E-state index >= 15 is 0 Å². The highest BCUT2D eigenvalue weighted by Crippen LogP contribution is 2.19. The van der Waals surface area contributed by atoms with Crippen molar-refractivity contribution in [2.24, 2.45) is 0 Å². The second kappa shape index (κ2) is 7.94. The van der Waals surface area contributed by atoms with E-state index in [-0.39, 0.29) is 0 Å². The van der Waals surface area contributed by atoms with Gasteiger partial charge in [-0.1, -0.05) is 35.9 Å². The lowest BCUT2D eigenvalue weighted by atomic mass is 10.1. The van der Waals surface area contributed by atoms with E-state index < -0.39 is 0 Å². The number of aryl methyl sites for hydroxylation is 2. The SMILES string of the molecule is Cc1ccc(C)c(Nc2nncc(NCCc3ccc(Cl)cc3)n2)c1. The molecule has 25 heavy (non-hydrogen) atoms. The van der Waals surface area contributed by atoms with Crippen LogP contribution in [0.3, 0.4) is 0 Å². The second-order valence-corrected chi connectivity index (χ2v) is 6.35. The summed E-state index contributed by atoms with van der Waals surface area (Å²) in [7, 11) is 0. The molecule has 0 aliphatic carbocycles. The molecule has 0 aliphatic heterocycles. The van der Waals surface area contributed by atoms with E-state index in [1.54, 1.807) is 6.20 Å². The molecule has 6 heteroatoms. The van der Waals surface area contributed by atoms with E-state index in [0.29, 0.717) is 11.8 Å². The number of nitrogens with one attached hydrogen (secondary N) is 2. The Morgan fingerprint density at radius 3 is 2.64 bits per heavy atom. The Morgan fingerprint density at radius 1 is 1.04 bits per heavy atom. The van der Waals surface area contributed by atoms with Crippen LogP contribution in [0, 0.1) is 13.8 Å². The average Bonchev–Trinajstić information content (AvgIpc) is 2.60. The number of rotatable bonds is 6. The third kappa shape index (κ3) is 4.90. The number of anilines is 3. The van der Waals surface area contributed by atoms with Gasteiger partial charge in [0.05, 0.1) is 6.20 Å². The first kappa shape index (κ1) is 17.2. The summed E-state index contributed by atoms with van der Waals surface area (Å²) in [6.07, 6.45) is 2.50. The molecule has 0 saturated heterocycles. The van der Waals surface area contributed by atoms with Crippen molar-refractivity contribution in [1.29, 1.82) is 0 Å². The van der Waals surface area contributed by atoms with Crippen molar-refractivity contribution >= 4 is 29.1 Å². The molecule has 0 fully saturated rings. The molecule has 2 aromatic carbocycles. The zero-order valence-corrected chi connectivity index (χ0v) is 15.0. The van der Waals surface area contributed by atoms with Crippen molar-refractivity contribution < 1.29 is 0 Å². The fourth-order valence-corrected chi connectivity index (χ4v) is 2.54. The van der Waals surface area contributed by atoms with Crippen LogP contribution in [0.25, 0.3) is 0 Å². The average molecular weight is 354 g/mol. The third-order valence-corrected chi connectivity index (χ3v) is 4.08. The number of halogens is 1. The summed E-state index contributed by atoms with van der Waals surface area (Å²) in [6.45, 7) is 4.85. The minimum atomic E-state index is 0.477. The fourth-order valence-electron chi connectivity index (χ4n) is 2.42. The summed E-state index contributed by atoms with van der Waals surface area (Å²) in [5, 5.41) is 15.3. The Morgan fingerprint density at radius 2 is 1.84 bits per heavy atom. The summed E-state index contributed by atoms with van der Waals surface area (Å²) in [6, 6.07) is 14.1. The summed E-state index contributed by atoms with van der Waals surface area (Å²) >= 11 is 5.90. The molecule has 0 saturated carbocycles. The maximum atomic E-state index is 5.90. The van der Waals surface area contributed by atoms with E-state index in [1.165, 1.54) is 11.1 Å². The number of benzene rings is 2. The molecule has 5 nitrogen and oxygen atoms in total. The van der Waals surface area contributed by atoms with Gasteiger partial charge in [-0.15, -0.1) is 5.10 Å². The van der Waals surface area contributed by atoms with Crippen LogP contribution >= 0.6 is 11.6 Å². The van der Waals surface area contributed by atoms with Gasteiger partial charge in [0, 0.05) is 17.3 Å². The van der Waals surface area contributed by atoms with Gasteiger partial charge in [0.1, 0.15) is 0 Å². The van der Waals surface area contributed by atoms with Crippen LogP contribution in [0.1, 0.15) is 16.7 Å². The molecule has 0 radical (unpaired) electrons. The van der Waals surface area contributed by atoms with Crippen molar-refractivity contribution in [1.82, 2.24) is 15.2 Å². The summed E-state index contributed by atoms with van der Waals surface area (Å²) in [5.41, 5.74) is 4.52. The third-order valence-electron chi connectivity index (χ3n) is 3.83. The van der Waals surface area contributed by atoms with Crippen molar-refractivity contribution in [2.75, 3.05) is 17.2 Å². The highest BCUT2D eigenvalue weighted by Gasteiger charge is 2.04. The lowest BCUT2D eigenvalue weighted by Crippen LogP contribution is -2.09. The van der Waals surface area contributed by atoms with Crippen LogP contribution in [0.4, 0.5) is 17.5 Å². The molecular weight excluding hydrogens is 334 g/mol. The van der Waals surface area contributed by atoms with Gasteiger partial charge in [0.2, 0.25) is 5.95 Å². The predicted octanol–water partition coefficient (Wildman–Crippen LogP) is 4.54. The molecule has 2 N–H and O–H groups in total. The van der Waals surface area contributed by atoms with E-state index in [4.69, 9.17) is 11.6 Å². The first-order valence-electron chi connectivity index (χ1n) is 8.12. The molecule has 3 aromatic rings. The van der Waals surface area contributed by atoms with Gasteiger partial charge < -0.3 is 10.6 Å². The van der Waals surface area contributed by atoms with Gasteiger partial charge in [-0.05, 0) is 55.2 Å². The number of hydrogen-bond acceptors (Lipinski definition) is 5. The quantitative estimate of drug-likeness (QED) is 0.681. The van der Waals surface area contributed by atoms with E-state index in [2.05, 4.69) is 50.9 Å². The molecule has 0 atom stereocenters. The molecule has 128 valence electrons. The molecule has 0 amide bonds. The van der Waals surface area contributed by atoms with Crippen molar-refractivity contribution in [3.05, 3.63) is 70.4 Å². The zero-order chi connectivity index (χ0) is 17.6. The monoisotopic (exact) mass is 353 g/mol. The zero-order valence-electron chi connectivity index (χ0n) is 14.3. The Labute approximate surface area is 152 Å². The molecule has 0 spiro atoms. The Hall–Kier alpha value is -2.66. The minimum absolute atomic E-state index is 0.477. The molecule has 1 heterocycles. The first-order valence-corrected chi connectivity index (χ1v) is 8.50. The van der Waals surface area contributed by atoms with Crippen LogP contribution in [0.15, 0.2) is 48.7 Å². The second-order valence-electron chi connectivity index (χ2n) is 5.91. The fraction of sp³-hybridized carbons (Fsp3) is 0.211. The van der Waals surface area contributed by atoms with Crippen LogP contribution in [0.5, 0.6) is 0 Å². The highest BCUT2D eigenvalue weighted by atomic mass is 35.5. The molecule has 0 aliphatic rings. The smallest absolute Gasteiger partial charge is 0.249 e. The maximum absolute atomic E-state index is 5.90. The lowest BCUT2D eigenvalue weighted by Gasteiger charge is -2.10. The predicted molar refractivity (Wildman–Crippen MR) is 103 cm³/mol. The van der Waals surface area contributed by atoms with Crippen molar-refractivity contribution in [3.8, 4) is 0 Å². The van der Waals surface area contributed by atoms with Crippen molar-refractivity contribution in [3.63, 3.8) is 0 Å². The normalized spacial score (nSPS) is 10.5. The van der Waals surface area contributed by atoms with Crippen LogP contribution in [-0.2, 0) is 6.42 Å². The largest absolute Gasteiger partial charge is 0.368 e. The van der Waals surface area contributed by atoms with E-state index in [9.17, 15) is 0 Å². The van der Waals surface area contributed by atoms with Crippen molar-refractivity contribution in [2.45, 2.75) is 20.3 Å². The maximum Gasteiger partial charge on any atom is 0.249 e. The number of aromatic nitrogens is 3. The Balaban J connectivity index is 1.61. The van der Waals surface area contributed by atoms with Crippen LogP contribution in [0.2, 0.25) is 5.02 Å². The van der Waals surface area contributed by atoms with Gasteiger partial charge in [0.25, 0.3) is 0 Å². The van der Waals surface area contributed by atoms with E-state index in [0.717, 1.165) is 29.2 Å². The highest BCUT2D eigenvalue weighted by molar-refractivity contribution is 6.30. The van der Waals surface area contributed by atoms with Crippen LogP contribution in [-0.4, -0.2) is 21.7 Å². The van der Waals surface area contributed by atoms with Gasteiger partial charge in [-0.3, -0.25) is 0 Å². The van der Waals surface area contributed by atoms with Crippen LogP contribution < -0.4 is 10.6 Å². The number of hydrogen-bond donors (Lipinski definition) is 2. The van der Waals surface area contributed by atoms with Gasteiger partial charge >= 0.3 is 0 Å². The number of nitrogens with zero attached hydrogens (tertiary/aromatic N) is 3. The summed E-state index contributed by atoms with van der Waals surface area (Å²) in [4.78, 5) is 4.47. The Bertz CT molecular complexity index is 849. The summed E-state index contributed by atoms with van der Waals surface area (Å²) < 4.78 is 0. The minimum Gasteiger partial charge on any atom is -0.368 e. The lowest BCUT2D eigenvalue weighted by molar-refractivity contribution is 0.950. The Kier molecular flexibility index (Phi) is 5.46. The van der Waals surface area contributed by atoms with Gasteiger partial charge in [-0.2, -0.15) is 10.1 Å². The molecule has 1 aromatic heterocycles.